The number of aromatic nitrogens is 2. The monoisotopic (exact) mass is 501 g/mol. The van der Waals surface area contributed by atoms with Crippen LogP contribution in [0.2, 0.25) is 0 Å². The average molecular weight is 501 g/mol. The van der Waals surface area contributed by atoms with E-state index in [1.54, 1.807) is 19.1 Å². The first kappa shape index (κ1) is 25.1. The van der Waals surface area contributed by atoms with E-state index in [4.69, 9.17) is 14.0 Å². The van der Waals surface area contributed by atoms with E-state index in [0.717, 1.165) is 31.0 Å². The SMILES string of the molecule is Cc1noc(-c2ccc(O[C@H]3CCC[C@H](C(=O)O)C3)cn2)c1CNC(=O)OCc1cc(F)cc(F)c1. The van der Waals surface area contributed by atoms with Gasteiger partial charge in [0.15, 0.2) is 5.76 Å². The number of ether oxygens (including phenoxy) is 2. The van der Waals surface area contributed by atoms with Crippen LogP contribution >= 0.6 is 0 Å². The van der Waals surface area contributed by atoms with Gasteiger partial charge < -0.3 is 24.4 Å². The van der Waals surface area contributed by atoms with Gasteiger partial charge in [-0.15, -0.1) is 0 Å². The van der Waals surface area contributed by atoms with E-state index in [1.165, 1.54) is 6.20 Å². The fourth-order valence-corrected chi connectivity index (χ4v) is 4.11. The number of pyridine rings is 1. The molecular formula is C25H25F2N3O6. The molecular weight excluding hydrogens is 476 g/mol. The van der Waals surface area contributed by atoms with Crippen LogP contribution in [0.4, 0.5) is 13.6 Å². The number of benzene rings is 1. The van der Waals surface area contributed by atoms with Crippen molar-refractivity contribution in [3.05, 3.63) is 65.0 Å². The van der Waals surface area contributed by atoms with Gasteiger partial charge in [0.05, 0.1) is 30.5 Å². The molecule has 1 aliphatic rings. The van der Waals surface area contributed by atoms with E-state index >= 15 is 0 Å². The number of halogens is 2. The van der Waals surface area contributed by atoms with Gasteiger partial charge in [0.25, 0.3) is 0 Å². The largest absolute Gasteiger partial charge is 0.489 e. The third-order valence-electron chi connectivity index (χ3n) is 5.93. The van der Waals surface area contributed by atoms with E-state index in [2.05, 4.69) is 15.5 Å². The summed E-state index contributed by atoms with van der Waals surface area (Å²) >= 11 is 0. The highest BCUT2D eigenvalue weighted by atomic mass is 19.1. The lowest BCUT2D eigenvalue weighted by Crippen LogP contribution is -2.29. The van der Waals surface area contributed by atoms with Crippen molar-refractivity contribution in [3.63, 3.8) is 0 Å². The number of amides is 1. The molecule has 2 heterocycles. The highest BCUT2D eigenvalue weighted by Gasteiger charge is 2.28. The quantitative estimate of drug-likeness (QED) is 0.452. The number of carbonyl (C=O) groups is 2. The molecule has 0 aliphatic heterocycles. The Morgan fingerprint density at radius 2 is 1.97 bits per heavy atom. The molecule has 1 aliphatic carbocycles. The molecule has 11 heteroatoms. The summed E-state index contributed by atoms with van der Waals surface area (Å²) in [5.41, 5.74) is 1.78. The Hall–Kier alpha value is -4.02. The summed E-state index contributed by atoms with van der Waals surface area (Å²) in [5.74, 6) is -1.84. The Balaban J connectivity index is 1.34. The second-order valence-electron chi connectivity index (χ2n) is 8.60. The van der Waals surface area contributed by atoms with Crippen LogP contribution < -0.4 is 10.1 Å². The molecule has 2 atom stereocenters. The molecule has 1 saturated carbocycles. The van der Waals surface area contributed by atoms with Crippen molar-refractivity contribution in [2.45, 2.75) is 51.9 Å². The molecule has 1 amide bonds. The number of rotatable bonds is 8. The van der Waals surface area contributed by atoms with E-state index in [1.807, 2.05) is 0 Å². The first-order valence-electron chi connectivity index (χ1n) is 11.4. The summed E-state index contributed by atoms with van der Waals surface area (Å²) in [6, 6.07) is 6.30. The molecule has 1 aromatic carbocycles. The van der Waals surface area contributed by atoms with Crippen molar-refractivity contribution in [1.82, 2.24) is 15.5 Å². The van der Waals surface area contributed by atoms with Gasteiger partial charge in [0.1, 0.15) is 29.7 Å². The van der Waals surface area contributed by atoms with Crippen molar-refractivity contribution >= 4 is 12.1 Å². The number of carboxylic acid groups (broad SMARTS) is 1. The molecule has 9 nitrogen and oxygen atoms in total. The molecule has 2 N–H and O–H groups in total. The van der Waals surface area contributed by atoms with E-state index in [0.29, 0.717) is 41.3 Å². The summed E-state index contributed by atoms with van der Waals surface area (Å²) in [7, 11) is 0. The Bertz CT molecular complexity index is 1210. The van der Waals surface area contributed by atoms with Crippen LogP contribution in [-0.4, -0.2) is 33.4 Å². The number of carbonyl (C=O) groups excluding carboxylic acids is 1. The number of aryl methyl sites for hydroxylation is 1. The number of alkyl carbamates (subject to hydrolysis) is 1. The second-order valence-corrected chi connectivity index (χ2v) is 8.60. The fourth-order valence-electron chi connectivity index (χ4n) is 4.11. The van der Waals surface area contributed by atoms with Gasteiger partial charge in [-0.3, -0.25) is 4.79 Å². The van der Waals surface area contributed by atoms with Crippen LogP contribution in [0.25, 0.3) is 11.5 Å². The number of aliphatic carboxylic acids is 1. The summed E-state index contributed by atoms with van der Waals surface area (Å²) in [4.78, 5) is 27.7. The lowest BCUT2D eigenvalue weighted by atomic mass is 9.87. The summed E-state index contributed by atoms with van der Waals surface area (Å²) in [5, 5.41) is 15.8. The third-order valence-corrected chi connectivity index (χ3v) is 5.93. The van der Waals surface area contributed by atoms with Crippen LogP contribution in [0.15, 0.2) is 41.1 Å². The zero-order valence-electron chi connectivity index (χ0n) is 19.5. The molecule has 1 fully saturated rings. The third kappa shape index (κ3) is 6.35. The number of carboxylic acids is 1. The standard InChI is InChI=1S/C25H25F2N3O6/c1-14-21(12-29-25(33)34-13-15-7-17(26)10-18(27)8-15)23(36-30-14)22-6-5-20(11-28-22)35-19-4-2-3-16(9-19)24(31)32/h5-8,10-11,16,19H,2-4,9,12-13H2,1H3,(H,29,33)(H,31,32)/t16-,19-/m0/s1. The van der Waals surface area contributed by atoms with Crippen LogP contribution in [-0.2, 0) is 22.7 Å². The number of hydrogen-bond acceptors (Lipinski definition) is 7. The van der Waals surface area contributed by atoms with Gasteiger partial charge in [-0.2, -0.15) is 0 Å². The zero-order valence-corrected chi connectivity index (χ0v) is 19.5. The molecule has 0 spiro atoms. The fraction of sp³-hybridized carbons (Fsp3) is 0.360. The maximum atomic E-state index is 13.3. The van der Waals surface area contributed by atoms with Gasteiger partial charge in [-0.1, -0.05) is 5.16 Å². The van der Waals surface area contributed by atoms with Crippen molar-refractivity contribution < 1.29 is 37.5 Å². The minimum Gasteiger partial charge on any atom is -0.489 e. The Labute approximate surface area is 205 Å². The topological polar surface area (TPSA) is 124 Å². The Morgan fingerprint density at radius 3 is 2.67 bits per heavy atom. The summed E-state index contributed by atoms with van der Waals surface area (Å²) in [6.45, 7) is 1.44. The van der Waals surface area contributed by atoms with Crippen molar-refractivity contribution in [2.24, 2.45) is 5.92 Å². The van der Waals surface area contributed by atoms with Gasteiger partial charge in [-0.05, 0) is 62.4 Å². The molecule has 0 bridgehead atoms. The predicted molar refractivity (Wildman–Crippen MR) is 122 cm³/mol. The van der Waals surface area contributed by atoms with Crippen molar-refractivity contribution in [3.8, 4) is 17.2 Å². The van der Waals surface area contributed by atoms with Crippen LogP contribution in [0.3, 0.4) is 0 Å². The van der Waals surface area contributed by atoms with E-state index in [-0.39, 0.29) is 24.8 Å². The van der Waals surface area contributed by atoms with E-state index in [9.17, 15) is 23.5 Å². The van der Waals surface area contributed by atoms with Crippen LogP contribution in [0, 0.1) is 24.5 Å². The predicted octanol–water partition coefficient (Wildman–Crippen LogP) is 4.77. The summed E-state index contributed by atoms with van der Waals surface area (Å²) < 4.78 is 42.9. The Morgan fingerprint density at radius 1 is 1.19 bits per heavy atom. The van der Waals surface area contributed by atoms with Gasteiger partial charge in [-0.25, -0.2) is 18.6 Å². The van der Waals surface area contributed by atoms with Gasteiger partial charge >= 0.3 is 12.1 Å². The molecule has 0 radical (unpaired) electrons. The lowest BCUT2D eigenvalue weighted by molar-refractivity contribution is -0.143. The minimum atomic E-state index is -0.801. The maximum Gasteiger partial charge on any atom is 0.407 e. The minimum absolute atomic E-state index is 0.0274. The number of hydrogen-bond donors (Lipinski definition) is 2. The van der Waals surface area contributed by atoms with Crippen LogP contribution in [0.1, 0.15) is 42.5 Å². The van der Waals surface area contributed by atoms with Crippen molar-refractivity contribution in [1.29, 1.82) is 0 Å². The van der Waals surface area contributed by atoms with E-state index < -0.39 is 29.6 Å². The summed E-state index contributed by atoms with van der Waals surface area (Å²) in [6.07, 6.45) is 3.25. The average Bonchev–Trinajstić information content (AvgIpc) is 3.21. The molecule has 4 rings (SSSR count). The second kappa shape index (κ2) is 11.1. The van der Waals surface area contributed by atoms with Crippen molar-refractivity contribution in [2.75, 3.05) is 0 Å². The Kier molecular flexibility index (Phi) is 7.77. The smallest absolute Gasteiger partial charge is 0.407 e. The highest BCUT2D eigenvalue weighted by molar-refractivity contribution is 5.70. The molecule has 0 unspecified atom stereocenters. The number of nitrogens with zero attached hydrogens (tertiary/aromatic N) is 2. The zero-order chi connectivity index (χ0) is 25.7. The molecule has 0 saturated heterocycles. The molecule has 2 aromatic heterocycles. The first-order chi connectivity index (χ1) is 17.3. The maximum absolute atomic E-state index is 13.3. The van der Waals surface area contributed by atoms with Gasteiger partial charge in [0.2, 0.25) is 0 Å². The van der Waals surface area contributed by atoms with Crippen LogP contribution in [0.5, 0.6) is 5.75 Å². The normalized spacial score (nSPS) is 17.4. The molecule has 190 valence electrons. The lowest BCUT2D eigenvalue weighted by Gasteiger charge is -2.27. The first-order valence-corrected chi connectivity index (χ1v) is 11.4. The molecule has 36 heavy (non-hydrogen) atoms. The highest BCUT2D eigenvalue weighted by Crippen LogP contribution is 2.30. The van der Waals surface area contributed by atoms with Gasteiger partial charge in [0, 0.05) is 11.6 Å². The molecule has 3 aromatic rings. The number of nitrogens with one attached hydrogen (secondary N) is 1.